The maximum Gasteiger partial charge on any atom is 0.253 e. The number of anilines is 1. The standard InChI is InChI=1S/C21H15Cl5F2N2O2/c22-13-4-2-10(6-12(13)18(31)30-11-7-20(27,28)8-11)29-19(32)17-16(21(17,25)26)9-1-3-14(23)15(24)5-9/h1-6,11,16-17H,7-8H2,(H,29,32)(H,30,31)/t16-,17+/m1/s1. The summed E-state index contributed by atoms with van der Waals surface area (Å²) in [6, 6.07) is 8.58. The average molecular weight is 543 g/mol. The van der Waals surface area contributed by atoms with E-state index in [1.807, 2.05) is 0 Å². The summed E-state index contributed by atoms with van der Waals surface area (Å²) in [5.74, 6) is -5.10. The first-order valence-corrected chi connectivity index (χ1v) is 11.4. The van der Waals surface area contributed by atoms with E-state index in [4.69, 9.17) is 58.0 Å². The van der Waals surface area contributed by atoms with Crippen LogP contribution in [0.25, 0.3) is 0 Å². The highest BCUT2D eigenvalue weighted by molar-refractivity contribution is 6.53. The van der Waals surface area contributed by atoms with Gasteiger partial charge in [0, 0.05) is 30.5 Å². The lowest BCUT2D eigenvalue weighted by Gasteiger charge is -2.35. The monoisotopic (exact) mass is 540 g/mol. The number of rotatable bonds is 5. The third kappa shape index (κ3) is 4.66. The zero-order valence-electron chi connectivity index (χ0n) is 16.1. The molecule has 0 saturated heterocycles. The molecule has 0 bridgehead atoms. The first-order chi connectivity index (χ1) is 14.9. The van der Waals surface area contributed by atoms with Crippen LogP contribution >= 0.6 is 58.0 Å². The topological polar surface area (TPSA) is 58.2 Å². The summed E-state index contributed by atoms with van der Waals surface area (Å²) in [6.45, 7) is 0. The number of hydrogen-bond donors (Lipinski definition) is 2. The van der Waals surface area contributed by atoms with Crippen LogP contribution in [0, 0.1) is 5.92 Å². The first kappa shape index (κ1) is 23.8. The molecule has 2 aromatic rings. The van der Waals surface area contributed by atoms with E-state index in [-0.39, 0.29) is 16.3 Å². The number of carbonyl (C=O) groups excluding carboxylic acids is 2. The second kappa shape index (κ2) is 8.48. The molecule has 0 radical (unpaired) electrons. The first-order valence-electron chi connectivity index (χ1n) is 9.51. The van der Waals surface area contributed by atoms with E-state index in [9.17, 15) is 18.4 Å². The molecule has 2 aliphatic rings. The molecule has 32 heavy (non-hydrogen) atoms. The predicted octanol–water partition coefficient (Wildman–Crippen LogP) is 6.70. The zero-order chi connectivity index (χ0) is 23.4. The molecule has 0 heterocycles. The minimum atomic E-state index is -2.76. The normalized spacial score (nSPS) is 23.2. The van der Waals surface area contributed by atoms with Crippen molar-refractivity contribution in [3.8, 4) is 0 Å². The number of benzene rings is 2. The Morgan fingerprint density at radius 2 is 1.59 bits per heavy atom. The lowest BCUT2D eigenvalue weighted by atomic mass is 9.88. The van der Waals surface area contributed by atoms with E-state index in [0.29, 0.717) is 15.6 Å². The van der Waals surface area contributed by atoms with Gasteiger partial charge in [-0.1, -0.05) is 40.9 Å². The Hall–Kier alpha value is -1.31. The summed E-state index contributed by atoms with van der Waals surface area (Å²) >= 11 is 30.8. The van der Waals surface area contributed by atoms with Crippen molar-refractivity contribution >= 4 is 75.5 Å². The van der Waals surface area contributed by atoms with E-state index < -0.39 is 52.8 Å². The Kier molecular flexibility index (Phi) is 6.31. The van der Waals surface area contributed by atoms with Crippen LogP contribution in [0.3, 0.4) is 0 Å². The van der Waals surface area contributed by atoms with Crippen LogP contribution in [0.4, 0.5) is 14.5 Å². The number of amides is 2. The minimum Gasteiger partial charge on any atom is -0.349 e. The van der Waals surface area contributed by atoms with Crippen LogP contribution in [-0.2, 0) is 4.79 Å². The molecule has 0 aliphatic heterocycles. The van der Waals surface area contributed by atoms with Crippen LogP contribution in [0.1, 0.15) is 34.7 Å². The Balaban J connectivity index is 1.46. The lowest BCUT2D eigenvalue weighted by molar-refractivity contribution is -0.117. The van der Waals surface area contributed by atoms with Gasteiger partial charge in [-0.3, -0.25) is 9.59 Å². The van der Waals surface area contributed by atoms with Gasteiger partial charge in [-0.2, -0.15) is 0 Å². The van der Waals surface area contributed by atoms with Gasteiger partial charge < -0.3 is 10.6 Å². The van der Waals surface area contributed by atoms with E-state index in [1.165, 1.54) is 18.2 Å². The maximum absolute atomic E-state index is 13.0. The van der Waals surface area contributed by atoms with Crippen LogP contribution in [0.15, 0.2) is 36.4 Å². The van der Waals surface area contributed by atoms with Crippen molar-refractivity contribution in [2.75, 3.05) is 5.32 Å². The molecule has 11 heteroatoms. The minimum absolute atomic E-state index is 0.0551. The van der Waals surface area contributed by atoms with Gasteiger partial charge >= 0.3 is 0 Å². The molecule has 0 unspecified atom stereocenters. The fourth-order valence-corrected chi connectivity index (χ4v) is 5.14. The molecule has 2 aliphatic carbocycles. The van der Waals surface area contributed by atoms with Gasteiger partial charge in [-0.05, 0) is 35.9 Å². The number of nitrogens with one attached hydrogen (secondary N) is 2. The molecule has 2 N–H and O–H groups in total. The molecule has 4 rings (SSSR count). The molecule has 2 saturated carbocycles. The van der Waals surface area contributed by atoms with Crippen molar-refractivity contribution in [1.82, 2.24) is 5.32 Å². The SMILES string of the molecule is O=C(NC1CC(F)(F)C1)c1cc(NC(=O)[C@@H]2[C@@H](c3ccc(Cl)c(Cl)c3)C2(Cl)Cl)ccc1Cl. The van der Waals surface area contributed by atoms with Crippen LogP contribution in [-0.4, -0.2) is 28.1 Å². The quantitative estimate of drug-likeness (QED) is 0.413. The fraction of sp³-hybridized carbons (Fsp3) is 0.333. The van der Waals surface area contributed by atoms with E-state index in [1.54, 1.807) is 18.2 Å². The summed E-state index contributed by atoms with van der Waals surface area (Å²) in [5, 5.41) is 5.99. The van der Waals surface area contributed by atoms with Crippen molar-refractivity contribution in [2.24, 2.45) is 5.92 Å². The zero-order valence-corrected chi connectivity index (χ0v) is 19.9. The summed E-state index contributed by atoms with van der Waals surface area (Å²) in [4.78, 5) is 25.3. The van der Waals surface area contributed by atoms with E-state index in [0.717, 1.165) is 0 Å². The molecular formula is C21H15Cl5F2N2O2. The van der Waals surface area contributed by atoms with Gasteiger partial charge in [-0.15, -0.1) is 23.2 Å². The van der Waals surface area contributed by atoms with Gasteiger partial charge in [0.25, 0.3) is 11.8 Å². The highest BCUT2D eigenvalue weighted by Crippen LogP contribution is 2.65. The van der Waals surface area contributed by atoms with Crippen molar-refractivity contribution in [3.05, 3.63) is 62.6 Å². The molecule has 0 spiro atoms. The average Bonchev–Trinajstić information content (AvgIpc) is 3.26. The number of hydrogen-bond acceptors (Lipinski definition) is 2. The van der Waals surface area contributed by atoms with Crippen LogP contribution in [0.5, 0.6) is 0 Å². The second-order valence-electron chi connectivity index (χ2n) is 7.92. The lowest BCUT2D eigenvalue weighted by Crippen LogP contribution is -2.50. The van der Waals surface area contributed by atoms with Crippen molar-refractivity contribution in [2.45, 2.75) is 35.1 Å². The molecule has 2 amide bonds. The highest BCUT2D eigenvalue weighted by atomic mass is 35.5. The van der Waals surface area contributed by atoms with E-state index >= 15 is 0 Å². The van der Waals surface area contributed by atoms with Gasteiger partial charge in [-0.25, -0.2) is 8.78 Å². The molecule has 2 fully saturated rings. The Labute approximate surface area is 207 Å². The van der Waals surface area contributed by atoms with Crippen molar-refractivity contribution in [3.63, 3.8) is 0 Å². The summed E-state index contributed by atoms with van der Waals surface area (Å²) in [5.41, 5.74) is 1.00. The maximum atomic E-state index is 13.0. The Morgan fingerprint density at radius 1 is 0.938 bits per heavy atom. The van der Waals surface area contributed by atoms with Gasteiger partial charge in [0.2, 0.25) is 5.91 Å². The van der Waals surface area contributed by atoms with Crippen LogP contribution in [0.2, 0.25) is 15.1 Å². The molecule has 170 valence electrons. The van der Waals surface area contributed by atoms with Gasteiger partial charge in [0.1, 0.15) is 4.33 Å². The third-order valence-corrected chi connectivity index (χ3v) is 7.55. The molecule has 4 nitrogen and oxygen atoms in total. The predicted molar refractivity (Wildman–Crippen MR) is 123 cm³/mol. The molecule has 0 aromatic heterocycles. The smallest absolute Gasteiger partial charge is 0.253 e. The Bertz CT molecular complexity index is 1100. The number of halogens is 7. The third-order valence-electron chi connectivity index (χ3n) is 5.54. The summed E-state index contributed by atoms with van der Waals surface area (Å²) in [7, 11) is 0. The second-order valence-corrected chi connectivity index (χ2v) is 10.6. The van der Waals surface area contributed by atoms with Crippen molar-refractivity contribution in [1.29, 1.82) is 0 Å². The summed E-state index contributed by atoms with van der Waals surface area (Å²) < 4.78 is 24.7. The number of carbonyl (C=O) groups is 2. The molecule has 2 atom stereocenters. The number of alkyl halides is 4. The molecular weight excluding hydrogens is 528 g/mol. The largest absolute Gasteiger partial charge is 0.349 e. The highest BCUT2D eigenvalue weighted by Gasteiger charge is 2.67. The Morgan fingerprint density at radius 3 is 2.22 bits per heavy atom. The summed E-state index contributed by atoms with van der Waals surface area (Å²) in [6.07, 6.45) is -0.837. The van der Waals surface area contributed by atoms with Gasteiger partial charge in [0.05, 0.1) is 26.5 Å². The van der Waals surface area contributed by atoms with Crippen molar-refractivity contribution < 1.29 is 18.4 Å². The van der Waals surface area contributed by atoms with Gasteiger partial charge in [0.15, 0.2) is 0 Å². The fourth-order valence-electron chi connectivity index (χ4n) is 3.80. The van der Waals surface area contributed by atoms with E-state index in [2.05, 4.69) is 10.6 Å². The van der Waals surface area contributed by atoms with Crippen LogP contribution < -0.4 is 10.6 Å². The molecule has 2 aromatic carbocycles.